The second-order valence-corrected chi connectivity index (χ2v) is 6.73. The van der Waals surface area contributed by atoms with Crippen LogP contribution in [0.1, 0.15) is 27.2 Å². The van der Waals surface area contributed by atoms with Crippen LogP contribution in [-0.2, 0) is 9.53 Å². The Hall–Kier alpha value is -3.56. The maximum absolute atomic E-state index is 12.5. The number of nitrogens with one attached hydrogen (secondary N) is 1. The summed E-state index contributed by atoms with van der Waals surface area (Å²) in [7, 11) is 0. The van der Waals surface area contributed by atoms with E-state index in [1.165, 1.54) is 6.07 Å². The molecule has 6 nitrogen and oxygen atoms in total. The number of hydrogen-bond donors (Lipinski definition) is 1. The largest absolute Gasteiger partial charge is 0.452 e. The Morgan fingerprint density at radius 3 is 2.41 bits per heavy atom. The number of carbonyl (C=O) groups is 2. The second kappa shape index (κ2) is 8.63. The molecule has 1 N–H and O–H groups in total. The Bertz CT molecular complexity index is 1110. The number of carbonyl (C=O) groups excluding carboxylic acids is 2. The summed E-state index contributed by atoms with van der Waals surface area (Å²) < 4.78 is 6.86. The zero-order chi connectivity index (χ0) is 21.0. The Balaban J connectivity index is 1.82. The van der Waals surface area contributed by atoms with Crippen LogP contribution in [0.25, 0.3) is 5.69 Å². The quantitative estimate of drug-likeness (QED) is 0.634. The third-order valence-corrected chi connectivity index (χ3v) is 4.86. The highest BCUT2D eigenvalue weighted by Crippen LogP contribution is 2.29. The SMILES string of the molecule is Cc1c(C#N)c(NC(=O)COC(=O)c2ccccc2Cl)n(-c2ccccc2)c1C. The van der Waals surface area contributed by atoms with E-state index in [1.807, 2.05) is 44.2 Å². The molecule has 0 aliphatic heterocycles. The molecule has 3 rings (SSSR count). The van der Waals surface area contributed by atoms with Crippen molar-refractivity contribution in [3.05, 3.63) is 82.0 Å². The second-order valence-electron chi connectivity index (χ2n) is 6.32. The fourth-order valence-electron chi connectivity index (χ4n) is 2.96. The minimum Gasteiger partial charge on any atom is -0.452 e. The molecule has 146 valence electrons. The van der Waals surface area contributed by atoms with Crippen LogP contribution in [0.2, 0.25) is 5.02 Å². The summed E-state index contributed by atoms with van der Waals surface area (Å²) in [5, 5.41) is 12.5. The summed E-state index contributed by atoms with van der Waals surface area (Å²) in [5.41, 5.74) is 2.94. The molecule has 2 aromatic carbocycles. The van der Waals surface area contributed by atoms with E-state index in [4.69, 9.17) is 16.3 Å². The van der Waals surface area contributed by atoms with E-state index in [-0.39, 0.29) is 10.6 Å². The lowest BCUT2D eigenvalue weighted by atomic mass is 10.2. The van der Waals surface area contributed by atoms with Gasteiger partial charge in [-0.25, -0.2) is 4.79 Å². The van der Waals surface area contributed by atoms with Gasteiger partial charge in [-0.05, 0) is 43.7 Å². The monoisotopic (exact) mass is 407 g/mol. The molecule has 1 aromatic heterocycles. The molecule has 0 aliphatic rings. The van der Waals surface area contributed by atoms with Gasteiger partial charge in [-0.3, -0.25) is 9.36 Å². The highest BCUT2D eigenvalue weighted by molar-refractivity contribution is 6.33. The van der Waals surface area contributed by atoms with E-state index in [9.17, 15) is 14.9 Å². The van der Waals surface area contributed by atoms with Crippen LogP contribution in [0.4, 0.5) is 5.82 Å². The predicted octanol–water partition coefficient (Wildman–Crippen LogP) is 4.41. The number of rotatable bonds is 5. The molecule has 0 fully saturated rings. The van der Waals surface area contributed by atoms with E-state index in [0.717, 1.165) is 16.9 Å². The van der Waals surface area contributed by atoms with Gasteiger partial charge < -0.3 is 10.1 Å². The van der Waals surface area contributed by atoms with Gasteiger partial charge in [-0.1, -0.05) is 41.9 Å². The fraction of sp³-hybridized carbons (Fsp3) is 0.136. The van der Waals surface area contributed by atoms with E-state index in [0.29, 0.717) is 11.4 Å². The lowest BCUT2D eigenvalue weighted by Crippen LogP contribution is -2.23. The molecule has 1 heterocycles. The third kappa shape index (κ3) is 4.15. The maximum Gasteiger partial charge on any atom is 0.340 e. The summed E-state index contributed by atoms with van der Waals surface area (Å²) in [6.07, 6.45) is 0. The van der Waals surface area contributed by atoms with Crippen molar-refractivity contribution >= 4 is 29.3 Å². The number of aromatic nitrogens is 1. The van der Waals surface area contributed by atoms with Gasteiger partial charge >= 0.3 is 5.97 Å². The number of anilines is 1. The minimum atomic E-state index is -0.697. The van der Waals surface area contributed by atoms with E-state index in [2.05, 4.69) is 11.4 Å². The fourth-order valence-corrected chi connectivity index (χ4v) is 3.18. The van der Waals surface area contributed by atoms with Gasteiger partial charge in [-0.15, -0.1) is 0 Å². The van der Waals surface area contributed by atoms with Crippen molar-refractivity contribution in [2.45, 2.75) is 13.8 Å². The number of nitriles is 1. The van der Waals surface area contributed by atoms with Crippen LogP contribution in [0.15, 0.2) is 54.6 Å². The van der Waals surface area contributed by atoms with E-state index >= 15 is 0 Å². The van der Waals surface area contributed by atoms with Crippen LogP contribution in [0, 0.1) is 25.2 Å². The molecule has 1 amide bonds. The van der Waals surface area contributed by atoms with Crippen LogP contribution < -0.4 is 5.32 Å². The van der Waals surface area contributed by atoms with Gasteiger partial charge in [0.25, 0.3) is 5.91 Å². The predicted molar refractivity (Wildman–Crippen MR) is 110 cm³/mol. The molecule has 0 spiro atoms. The van der Waals surface area contributed by atoms with Gasteiger partial charge in [0.05, 0.1) is 16.1 Å². The van der Waals surface area contributed by atoms with Crippen LogP contribution in [0.3, 0.4) is 0 Å². The summed E-state index contributed by atoms with van der Waals surface area (Å²) in [4.78, 5) is 24.6. The number of esters is 1. The first-order chi connectivity index (χ1) is 13.9. The molecule has 0 saturated carbocycles. The number of nitrogens with zero attached hydrogens (tertiary/aromatic N) is 2. The molecule has 0 saturated heterocycles. The number of ether oxygens (including phenoxy) is 1. The molecule has 0 radical (unpaired) electrons. The van der Waals surface area contributed by atoms with Gasteiger partial charge in [-0.2, -0.15) is 5.26 Å². The molecule has 29 heavy (non-hydrogen) atoms. The zero-order valence-corrected chi connectivity index (χ0v) is 16.7. The van der Waals surface area contributed by atoms with Gasteiger partial charge in [0.2, 0.25) is 0 Å². The van der Waals surface area contributed by atoms with E-state index in [1.54, 1.807) is 22.8 Å². The lowest BCUT2D eigenvalue weighted by Gasteiger charge is -2.13. The molecule has 3 aromatic rings. The maximum atomic E-state index is 12.5. The average Bonchev–Trinajstić information content (AvgIpc) is 2.96. The topological polar surface area (TPSA) is 84.1 Å². The van der Waals surface area contributed by atoms with Crippen molar-refractivity contribution in [2.24, 2.45) is 0 Å². The summed E-state index contributed by atoms with van der Waals surface area (Å²) in [6.45, 7) is 3.18. The summed E-state index contributed by atoms with van der Waals surface area (Å²) in [5.74, 6) is -0.916. The van der Waals surface area contributed by atoms with Crippen LogP contribution >= 0.6 is 11.6 Å². The number of benzene rings is 2. The first-order valence-electron chi connectivity index (χ1n) is 8.83. The normalized spacial score (nSPS) is 10.3. The standard InChI is InChI=1S/C22H18ClN3O3/c1-14-15(2)26(16-8-4-3-5-9-16)21(18(14)12-24)25-20(27)13-29-22(28)17-10-6-7-11-19(17)23/h3-11H,13H2,1-2H3,(H,25,27). The van der Waals surface area contributed by atoms with Crippen molar-refractivity contribution in [1.82, 2.24) is 4.57 Å². The molecular weight excluding hydrogens is 390 g/mol. The average molecular weight is 408 g/mol. The lowest BCUT2D eigenvalue weighted by molar-refractivity contribution is -0.119. The van der Waals surface area contributed by atoms with Gasteiger partial charge in [0.15, 0.2) is 6.61 Å². The molecule has 7 heteroatoms. The molecule has 0 aliphatic carbocycles. The summed E-state index contributed by atoms with van der Waals surface area (Å²) >= 11 is 5.97. The van der Waals surface area contributed by atoms with Crippen molar-refractivity contribution < 1.29 is 14.3 Å². The Morgan fingerprint density at radius 1 is 1.10 bits per heavy atom. The van der Waals surface area contributed by atoms with Crippen LogP contribution in [0.5, 0.6) is 0 Å². The summed E-state index contributed by atoms with van der Waals surface area (Å²) in [6, 6.07) is 17.9. The zero-order valence-electron chi connectivity index (χ0n) is 15.9. The van der Waals surface area contributed by atoms with Gasteiger partial charge in [0, 0.05) is 11.4 Å². The van der Waals surface area contributed by atoms with Crippen molar-refractivity contribution in [1.29, 1.82) is 5.26 Å². The van der Waals surface area contributed by atoms with Crippen molar-refractivity contribution in [2.75, 3.05) is 11.9 Å². The third-order valence-electron chi connectivity index (χ3n) is 4.53. The Kier molecular flexibility index (Phi) is 6.01. The first-order valence-corrected chi connectivity index (χ1v) is 9.20. The molecule has 0 unspecified atom stereocenters. The number of halogens is 1. The number of amides is 1. The molecular formula is C22H18ClN3O3. The highest BCUT2D eigenvalue weighted by Gasteiger charge is 2.21. The number of para-hydroxylation sites is 1. The number of hydrogen-bond acceptors (Lipinski definition) is 4. The Labute approximate surface area is 173 Å². The van der Waals surface area contributed by atoms with Gasteiger partial charge in [0.1, 0.15) is 11.9 Å². The Morgan fingerprint density at radius 2 is 1.76 bits per heavy atom. The molecule has 0 bridgehead atoms. The smallest absolute Gasteiger partial charge is 0.340 e. The van der Waals surface area contributed by atoms with Crippen molar-refractivity contribution in [3.63, 3.8) is 0 Å². The molecule has 0 atom stereocenters. The minimum absolute atomic E-state index is 0.180. The highest BCUT2D eigenvalue weighted by atomic mass is 35.5. The van der Waals surface area contributed by atoms with Crippen molar-refractivity contribution in [3.8, 4) is 11.8 Å². The van der Waals surface area contributed by atoms with E-state index < -0.39 is 18.5 Å². The van der Waals surface area contributed by atoms with Crippen LogP contribution in [-0.4, -0.2) is 23.1 Å². The first kappa shape index (κ1) is 20.2.